The molecule has 5 nitrogen and oxygen atoms in total. The van der Waals surface area contributed by atoms with Crippen LogP contribution in [0, 0.1) is 0 Å². The topological polar surface area (TPSA) is 34.2 Å². The monoisotopic (exact) mass is 472 g/mol. The SMILES string of the molecule is COc1ccc(C2Cc3ccccc3N2CC(COCc2ccccc2)N2CCCC2)cc1OC. The normalized spacial score (nSPS) is 18.5. The molecular formula is C30H36N2O3. The molecule has 184 valence electrons. The molecule has 5 heteroatoms. The second kappa shape index (κ2) is 11.1. The Morgan fingerprint density at radius 3 is 2.37 bits per heavy atom. The Balaban J connectivity index is 1.39. The Hall–Kier alpha value is -3.02. The van der Waals surface area contributed by atoms with Crippen LogP contribution in [-0.4, -0.2) is 51.4 Å². The average Bonchev–Trinajstić information content (AvgIpc) is 3.57. The molecule has 2 atom stereocenters. The van der Waals surface area contributed by atoms with Crippen molar-refractivity contribution >= 4 is 5.69 Å². The van der Waals surface area contributed by atoms with E-state index >= 15 is 0 Å². The second-order valence-electron chi connectivity index (χ2n) is 9.51. The van der Waals surface area contributed by atoms with Crippen LogP contribution in [0.5, 0.6) is 11.5 Å². The Kier molecular flexibility index (Phi) is 7.55. The summed E-state index contributed by atoms with van der Waals surface area (Å²) in [6.45, 7) is 4.61. The first-order valence-corrected chi connectivity index (χ1v) is 12.7. The van der Waals surface area contributed by atoms with E-state index in [4.69, 9.17) is 14.2 Å². The van der Waals surface area contributed by atoms with Gasteiger partial charge in [0.1, 0.15) is 0 Å². The van der Waals surface area contributed by atoms with Crippen LogP contribution in [0.25, 0.3) is 0 Å². The lowest BCUT2D eigenvalue weighted by Gasteiger charge is -2.36. The molecule has 2 heterocycles. The summed E-state index contributed by atoms with van der Waals surface area (Å²) in [5.74, 6) is 1.55. The number of hydrogen-bond acceptors (Lipinski definition) is 5. The first kappa shape index (κ1) is 23.7. The average molecular weight is 473 g/mol. The number of hydrogen-bond donors (Lipinski definition) is 0. The summed E-state index contributed by atoms with van der Waals surface area (Å²) in [5.41, 5.74) is 5.21. The zero-order valence-corrected chi connectivity index (χ0v) is 20.9. The van der Waals surface area contributed by atoms with Crippen molar-refractivity contribution in [3.8, 4) is 11.5 Å². The first-order valence-electron chi connectivity index (χ1n) is 12.7. The van der Waals surface area contributed by atoms with Gasteiger partial charge in [-0.15, -0.1) is 0 Å². The third-order valence-electron chi connectivity index (χ3n) is 7.37. The minimum atomic E-state index is 0.256. The van der Waals surface area contributed by atoms with Gasteiger partial charge < -0.3 is 19.1 Å². The highest BCUT2D eigenvalue weighted by Crippen LogP contribution is 2.42. The minimum Gasteiger partial charge on any atom is -0.493 e. The van der Waals surface area contributed by atoms with Gasteiger partial charge in [-0.05, 0) is 67.2 Å². The highest BCUT2D eigenvalue weighted by atomic mass is 16.5. The number of nitrogens with zero attached hydrogens (tertiary/aromatic N) is 2. The van der Waals surface area contributed by atoms with E-state index in [1.807, 2.05) is 6.07 Å². The van der Waals surface area contributed by atoms with Gasteiger partial charge in [-0.2, -0.15) is 0 Å². The number of ether oxygens (including phenoxy) is 3. The van der Waals surface area contributed by atoms with Gasteiger partial charge in [0.25, 0.3) is 0 Å². The van der Waals surface area contributed by atoms with E-state index in [0.717, 1.165) is 44.2 Å². The van der Waals surface area contributed by atoms with Crippen LogP contribution in [0.1, 0.15) is 35.6 Å². The number of methoxy groups -OCH3 is 2. The number of fused-ring (bicyclic) bond motifs is 1. The fourth-order valence-electron chi connectivity index (χ4n) is 5.53. The van der Waals surface area contributed by atoms with Crippen molar-refractivity contribution in [3.05, 3.63) is 89.5 Å². The van der Waals surface area contributed by atoms with Crippen molar-refractivity contribution in [2.24, 2.45) is 0 Å². The number of para-hydroxylation sites is 1. The maximum absolute atomic E-state index is 6.30. The van der Waals surface area contributed by atoms with Crippen molar-refractivity contribution < 1.29 is 14.2 Å². The Labute approximate surface area is 209 Å². The maximum atomic E-state index is 6.30. The lowest BCUT2D eigenvalue weighted by Crippen LogP contribution is -2.46. The number of likely N-dealkylation sites (tertiary alicyclic amines) is 1. The predicted octanol–water partition coefficient (Wildman–Crippen LogP) is 5.49. The Morgan fingerprint density at radius 1 is 0.857 bits per heavy atom. The van der Waals surface area contributed by atoms with Crippen LogP contribution in [-0.2, 0) is 17.8 Å². The third kappa shape index (κ3) is 5.31. The molecule has 0 N–H and O–H groups in total. The fourth-order valence-corrected chi connectivity index (χ4v) is 5.53. The summed E-state index contributed by atoms with van der Waals surface area (Å²) in [4.78, 5) is 5.21. The van der Waals surface area contributed by atoms with Gasteiger partial charge in [0.15, 0.2) is 11.5 Å². The minimum absolute atomic E-state index is 0.256. The van der Waals surface area contributed by atoms with Crippen molar-refractivity contribution in [1.82, 2.24) is 4.90 Å². The van der Waals surface area contributed by atoms with E-state index in [-0.39, 0.29) is 6.04 Å². The molecule has 5 rings (SSSR count). The van der Waals surface area contributed by atoms with E-state index in [1.165, 1.54) is 35.2 Å². The van der Waals surface area contributed by atoms with Gasteiger partial charge >= 0.3 is 0 Å². The molecule has 1 saturated heterocycles. The Morgan fingerprint density at radius 2 is 1.60 bits per heavy atom. The van der Waals surface area contributed by atoms with Gasteiger partial charge in [0.05, 0.1) is 39.5 Å². The standard InChI is InChI=1S/C30H36N2O3/c1-33-29-15-14-25(19-30(29)34-2)28-18-24-12-6-7-13-27(24)32(28)20-26(31-16-8-9-17-31)22-35-21-23-10-4-3-5-11-23/h3-7,10-15,19,26,28H,8-9,16-18,20-22H2,1-2H3. The molecular weight excluding hydrogens is 436 g/mol. The zero-order chi connectivity index (χ0) is 24.0. The third-order valence-corrected chi connectivity index (χ3v) is 7.37. The summed E-state index contributed by atoms with van der Waals surface area (Å²) >= 11 is 0. The quantitative estimate of drug-likeness (QED) is 0.390. The van der Waals surface area contributed by atoms with Gasteiger partial charge in [0.2, 0.25) is 0 Å². The van der Waals surface area contributed by atoms with Crippen LogP contribution in [0.4, 0.5) is 5.69 Å². The van der Waals surface area contributed by atoms with E-state index in [1.54, 1.807) is 14.2 Å². The highest BCUT2D eigenvalue weighted by molar-refractivity contribution is 5.61. The second-order valence-corrected chi connectivity index (χ2v) is 9.51. The van der Waals surface area contributed by atoms with Gasteiger partial charge in [-0.25, -0.2) is 0 Å². The number of rotatable bonds is 10. The summed E-state index contributed by atoms with van der Waals surface area (Å²) in [6, 6.07) is 26.2. The van der Waals surface area contributed by atoms with Crippen LogP contribution >= 0.6 is 0 Å². The molecule has 0 saturated carbocycles. The van der Waals surface area contributed by atoms with Gasteiger partial charge in [-0.3, -0.25) is 4.90 Å². The van der Waals surface area contributed by atoms with Crippen molar-refractivity contribution in [3.63, 3.8) is 0 Å². The zero-order valence-electron chi connectivity index (χ0n) is 20.9. The molecule has 1 fully saturated rings. The smallest absolute Gasteiger partial charge is 0.161 e. The summed E-state index contributed by atoms with van der Waals surface area (Å²) in [5, 5.41) is 0. The molecule has 0 amide bonds. The number of anilines is 1. The number of benzene rings is 3. The maximum Gasteiger partial charge on any atom is 0.161 e. The van der Waals surface area contributed by atoms with Crippen LogP contribution in [0.15, 0.2) is 72.8 Å². The lowest BCUT2D eigenvalue weighted by molar-refractivity contribution is 0.0611. The summed E-state index contributed by atoms with van der Waals surface area (Å²) < 4.78 is 17.4. The molecule has 2 aliphatic rings. The van der Waals surface area contributed by atoms with Gasteiger partial charge in [-0.1, -0.05) is 54.6 Å². The van der Waals surface area contributed by atoms with Crippen LogP contribution in [0.3, 0.4) is 0 Å². The molecule has 0 radical (unpaired) electrons. The molecule has 0 aliphatic carbocycles. The first-order chi connectivity index (χ1) is 17.3. The highest BCUT2D eigenvalue weighted by Gasteiger charge is 2.34. The molecule has 35 heavy (non-hydrogen) atoms. The molecule has 0 spiro atoms. The molecule has 0 aromatic heterocycles. The van der Waals surface area contributed by atoms with Crippen molar-refractivity contribution in [2.75, 3.05) is 45.4 Å². The van der Waals surface area contributed by atoms with E-state index in [2.05, 4.69) is 76.5 Å². The summed E-state index contributed by atoms with van der Waals surface area (Å²) in [6.07, 6.45) is 3.53. The van der Waals surface area contributed by atoms with E-state index in [9.17, 15) is 0 Å². The van der Waals surface area contributed by atoms with Crippen LogP contribution < -0.4 is 14.4 Å². The van der Waals surface area contributed by atoms with Crippen LogP contribution in [0.2, 0.25) is 0 Å². The predicted molar refractivity (Wildman–Crippen MR) is 140 cm³/mol. The Bertz CT molecular complexity index is 1100. The molecule has 3 aromatic carbocycles. The molecule has 2 unspecified atom stereocenters. The lowest BCUT2D eigenvalue weighted by atomic mass is 10.0. The van der Waals surface area contributed by atoms with Crippen molar-refractivity contribution in [2.45, 2.75) is 38.0 Å². The largest absolute Gasteiger partial charge is 0.493 e. The molecule has 2 aliphatic heterocycles. The van der Waals surface area contributed by atoms with Crippen molar-refractivity contribution in [1.29, 1.82) is 0 Å². The van der Waals surface area contributed by atoms with E-state index < -0.39 is 0 Å². The van der Waals surface area contributed by atoms with Gasteiger partial charge in [0, 0.05) is 12.2 Å². The van der Waals surface area contributed by atoms with E-state index in [0.29, 0.717) is 12.6 Å². The molecule has 3 aromatic rings. The fraction of sp³-hybridized carbons (Fsp3) is 0.400. The summed E-state index contributed by atoms with van der Waals surface area (Å²) in [7, 11) is 3.39. The molecule has 0 bridgehead atoms.